The van der Waals surface area contributed by atoms with Crippen molar-refractivity contribution in [1.82, 2.24) is 0 Å². The van der Waals surface area contributed by atoms with Crippen LogP contribution in [0.1, 0.15) is 52.7 Å². The maximum atomic E-state index is 2.33. The minimum atomic E-state index is 0.0710. The molecule has 0 heterocycles. The van der Waals surface area contributed by atoms with Gasteiger partial charge in [-0.05, 0) is 38.7 Å². The highest BCUT2D eigenvalue weighted by Crippen LogP contribution is 2.46. The van der Waals surface area contributed by atoms with Gasteiger partial charge in [0.2, 0.25) is 0 Å². The zero-order chi connectivity index (χ0) is 20.4. The number of hydrogen-bond donors (Lipinski definition) is 0. The molecule has 28 heavy (non-hydrogen) atoms. The van der Waals surface area contributed by atoms with Crippen LogP contribution < -0.4 is 0 Å². The molecule has 0 nitrogen and oxygen atoms in total. The van der Waals surface area contributed by atoms with Gasteiger partial charge in [-0.25, -0.2) is 0 Å². The fourth-order valence-corrected chi connectivity index (χ4v) is 4.40. The van der Waals surface area contributed by atoms with Gasteiger partial charge in [0.1, 0.15) is 0 Å². The summed E-state index contributed by atoms with van der Waals surface area (Å²) in [7, 11) is 0. The van der Waals surface area contributed by atoms with Crippen molar-refractivity contribution in [3.05, 3.63) is 102 Å². The highest BCUT2D eigenvalue weighted by Gasteiger charge is 2.32. The van der Waals surface area contributed by atoms with E-state index in [4.69, 9.17) is 0 Å². The van der Waals surface area contributed by atoms with E-state index in [1.165, 1.54) is 33.4 Å². The van der Waals surface area contributed by atoms with Crippen LogP contribution in [0.4, 0.5) is 0 Å². The van der Waals surface area contributed by atoms with Crippen molar-refractivity contribution in [2.24, 2.45) is 10.8 Å². The summed E-state index contributed by atoms with van der Waals surface area (Å²) in [6.07, 6.45) is 0. The molecular weight excluding hydrogens is 336 g/mol. The lowest BCUT2D eigenvalue weighted by Gasteiger charge is -2.37. The van der Waals surface area contributed by atoms with Crippen molar-refractivity contribution < 1.29 is 0 Å². The molecule has 0 amide bonds. The molecule has 0 saturated carbocycles. The third kappa shape index (κ3) is 4.44. The molecule has 0 fully saturated rings. The maximum Gasteiger partial charge on any atom is -0.0109 e. The Hall–Kier alpha value is -2.60. The van der Waals surface area contributed by atoms with Crippen molar-refractivity contribution in [3.63, 3.8) is 0 Å². The highest BCUT2D eigenvalue weighted by molar-refractivity contribution is 5.84. The summed E-state index contributed by atoms with van der Waals surface area (Å²) in [5.41, 5.74) is 8.07. The van der Waals surface area contributed by atoms with Crippen LogP contribution in [0.5, 0.6) is 0 Å². The van der Waals surface area contributed by atoms with Crippen LogP contribution in [0.15, 0.2) is 90.5 Å². The van der Waals surface area contributed by atoms with Gasteiger partial charge in [0.25, 0.3) is 0 Å². The predicted octanol–water partition coefficient (Wildman–Crippen LogP) is 8.25. The molecular formula is C28H32. The van der Waals surface area contributed by atoms with Crippen molar-refractivity contribution in [2.75, 3.05) is 0 Å². The molecule has 0 aromatic heterocycles. The Morgan fingerprint density at radius 1 is 0.464 bits per heavy atom. The Morgan fingerprint density at radius 2 is 0.857 bits per heavy atom. The first-order valence-electron chi connectivity index (χ1n) is 10.1. The first-order valence-corrected chi connectivity index (χ1v) is 10.1. The molecule has 0 aliphatic heterocycles. The fourth-order valence-electron chi connectivity index (χ4n) is 4.40. The van der Waals surface area contributed by atoms with Crippen molar-refractivity contribution in [1.29, 1.82) is 0 Å². The van der Waals surface area contributed by atoms with Gasteiger partial charge >= 0.3 is 0 Å². The normalized spacial score (nSPS) is 11.9. The SMILES string of the molecule is CC(C)(C)C(=C(c1ccccc1)c1ccc(-c2ccccc2)cc1)C(C)(C)C. The van der Waals surface area contributed by atoms with E-state index in [0.29, 0.717) is 0 Å². The van der Waals surface area contributed by atoms with E-state index in [9.17, 15) is 0 Å². The topological polar surface area (TPSA) is 0 Å². The lowest BCUT2D eigenvalue weighted by atomic mass is 9.67. The van der Waals surface area contributed by atoms with Crippen molar-refractivity contribution >= 4 is 5.57 Å². The second-order valence-corrected chi connectivity index (χ2v) is 9.56. The van der Waals surface area contributed by atoms with Gasteiger partial charge in [-0.15, -0.1) is 0 Å². The van der Waals surface area contributed by atoms with Gasteiger partial charge < -0.3 is 0 Å². The molecule has 3 aromatic rings. The van der Waals surface area contributed by atoms with E-state index in [1.54, 1.807) is 0 Å². The molecule has 0 heteroatoms. The molecule has 0 aliphatic rings. The van der Waals surface area contributed by atoms with Crippen LogP contribution in [-0.4, -0.2) is 0 Å². The Bertz CT molecular complexity index is 913. The smallest absolute Gasteiger partial charge is 0.0109 e. The molecule has 0 bridgehead atoms. The first kappa shape index (κ1) is 20.1. The zero-order valence-corrected chi connectivity index (χ0v) is 18.1. The van der Waals surface area contributed by atoms with E-state index < -0.39 is 0 Å². The standard InChI is InChI=1S/C28H32/c1-27(2,3)26(28(4,5)6)25(23-15-11-8-12-16-23)24-19-17-22(18-20-24)21-13-9-7-10-14-21/h7-20H,1-6H3. The summed E-state index contributed by atoms with van der Waals surface area (Å²) < 4.78 is 0. The van der Waals surface area contributed by atoms with Crippen molar-refractivity contribution in [3.8, 4) is 11.1 Å². The molecule has 144 valence electrons. The third-order valence-electron chi connectivity index (χ3n) is 5.09. The molecule has 0 spiro atoms. The zero-order valence-electron chi connectivity index (χ0n) is 18.1. The van der Waals surface area contributed by atoms with Gasteiger partial charge in [0.15, 0.2) is 0 Å². The summed E-state index contributed by atoms with van der Waals surface area (Å²) in [5.74, 6) is 0. The lowest BCUT2D eigenvalue weighted by Crippen LogP contribution is -2.24. The maximum absolute atomic E-state index is 2.33. The van der Waals surface area contributed by atoms with Crippen LogP contribution in [0, 0.1) is 10.8 Å². The van der Waals surface area contributed by atoms with E-state index >= 15 is 0 Å². The minimum Gasteiger partial charge on any atom is -0.0622 e. The summed E-state index contributed by atoms with van der Waals surface area (Å²) in [6, 6.07) is 30.5. The second kappa shape index (κ2) is 7.80. The van der Waals surface area contributed by atoms with Crippen LogP contribution in [0.2, 0.25) is 0 Å². The van der Waals surface area contributed by atoms with Crippen molar-refractivity contribution in [2.45, 2.75) is 41.5 Å². The molecule has 0 N–H and O–H groups in total. The number of rotatable bonds is 3. The molecule has 0 atom stereocenters. The summed E-state index contributed by atoms with van der Waals surface area (Å²) >= 11 is 0. The second-order valence-electron chi connectivity index (χ2n) is 9.56. The van der Waals surface area contributed by atoms with E-state index in [-0.39, 0.29) is 10.8 Å². The van der Waals surface area contributed by atoms with Crippen LogP contribution in [0.25, 0.3) is 16.7 Å². The summed E-state index contributed by atoms with van der Waals surface area (Å²) in [6.45, 7) is 14.0. The van der Waals surface area contributed by atoms with Crippen LogP contribution >= 0.6 is 0 Å². The van der Waals surface area contributed by atoms with Gasteiger partial charge in [-0.3, -0.25) is 0 Å². The van der Waals surface area contributed by atoms with Crippen LogP contribution in [-0.2, 0) is 0 Å². The Balaban J connectivity index is 2.22. The molecule has 3 rings (SSSR count). The monoisotopic (exact) mass is 368 g/mol. The van der Waals surface area contributed by atoms with E-state index in [2.05, 4.69) is 126 Å². The molecule has 0 radical (unpaired) electrons. The lowest BCUT2D eigenvalue weighted by molar-refractivity contribution is 0.365. The van der Waals surface area contributed by atoms with Gasteiger partial charge in [-0.1, -0.05) is 132 Å². The first-order chi connectivity index (χ1) is 13.2. The highest BCUT2D eigenvalue weighted by atomic mass is 14.4. The van der Waals surface area contributed by atoms with E-state index in [0.717, 1.165) is 0 Å². The predicted molar refractivity (Wildman–Crippen MR) is 123 cm³/mol. The Labute approximate surface area is 171 Å². The van der Waals surface area contributed by atoms with Gasteiger partial charge in [0.05, 0.1) is 0 Å². The molecule has 3 aromatic carbocycles. The van der Waals surface area contributed by atoms with E-state index in [1.807, 2.05) is 0 Å². The number of allylic oxidation sites excluding steroid dienone is 1. The average molecular weight is 369 g/mol. The van der Waals surface area contributed by atoms with Crippen LogP contribution in [0.3, 0.4) is 0 Å². The fraction of sp³-hybridized carbons (Fsp3) is 0.286. The largest absolute Gasteiger partial charge is 0.0622 e. The third-order valence-corrected chi connectivity index (χ3v) is 5.09. The van der Waals surface area contributed by atoms with Gasteiger partial charge in [0, 0.05) is 0 Å². The molecule has 0 saturated heterocycles. The average Bonchev–Trinajstić information content (AvgIpc) is 2.65. The number of hydrogen-bond acceptors (Lipinski definition) is 0. The molecule has 0 aliphatic carbocycles. The quantitative estimate of drug-likeness (QED) is 0.436. The summed E-state index contributed by atoms with van der Waals surface area (Å²) in [4.78, 5) is 0. The number of benzene rings is 3. The Morgan fingerprint density at radius 3 is 1.32 bits per heavy atom. The Kier molecular flexibility index (Phi) is 5.61. The summed E-state index contributed by atoms with van der Waals surface area (Å²) in [5, 5.41) is 0. The minimum absolute atomic E-state index is 0.0710. The van der Waals surface area contributed by atoms with Gasteiger partial charge in [-0.2, -0.15) is 0 Å². The molecule has 0 unspecified atom stereocenters.